The first kappa shape index (κ1) is 113. The lowest BCUT2D eigenvalue weighted by Crippen LogP contribution is -2.45. The first-order chi connectivity index (χ1) is 57.9. The second-order valence-electron chi connectivity index (χ2n) is 33.9. The number of nitrogens with one attached hydrogen (secondary N) is 8. The fourth-order valence-electron chi connectivity index (χ4n) is 10.9. The van der Waals surface area contributed by atoms with Gasteiger partial charge in [0.15, 0.2) is 46.3 Å². The van der Waals surface area contributed by atoms with E-state index in [0.29, 0.717) is 0 Å². The van der Waals surface area contributed by atoms with Crippen molar-refractivity contribution in [1.29, 1.82) is 0 Å². The minimum atomic E-state index is -1.38. The number of hydrogen-bond donors (Lipinski definition) is 8. The van der Waals surface area contributed by atoms with Crippen molar-refractivity contribution in [3.05, 3.63) is 0 Å². The number of ether oxygens (including phenoxy) is 5. The van der Waals surface area contributed by atoms with Crippen molar-refractivity contribution in [2.24, 2.45) is 5.41 Å². The van der Waals surface area contributed by atoms with Crippen LogP contribution in [0.3, 0.4) is 0 Å². The summed E-state index contributed by atoms with van der Waals surface area (Å²) >= 11 is 0. The van der Waals surface area contributed by atoms with Crippen molar-refractivity contribution in [3.8, 4) is 0 Å². The summed E-state index contributed by atoms with van der Waals surface area (Å²) in [4.78, 5) is 325. The van der Waals surface area contributed by atoms with Gasteiger partial charge >= 0.3 is 29.8 Å². The van der Waals surface area contributed by atoms with E-state index in [4.69, 9.17) is 18.9 Å². The van der Waals surface area contributed by atoms with E-state index in [1.807, 2.05) is 0 Å². The standard InChI is InChI=1S/C83H130N12O30/c1-79(2,3)122-74(116)29-25-66(108)88-45-70(112)92(13)49-58(100)17-21-62(104)84-41-54(96)33-37-83(38-34-55(97)42-85-63(105)22-18-59(101)50-93(14)71(113)46-89-67(109)26-30-75(117)123-80(4,5)6,39-35-56(98)43-86-64(106)23-19-60(102)51-94(15)72(114)47-90-68(110)27-31-76(118)124-81(7,8)9)40-36-57(99)44-87-65(107)24-20-61(103)52-95(53-78(120)121-16)73(115)48-91-69(111)28-32-77(119)125-82(10,11)12/h17-53H2,1-16H3,(H,84,104)(H,85,105)(H,86,106)(H,87,107)(H,88,108)(H,89,109)(H,90,110)(H,91,111). The summed E-state index contributed by atoms with van der Waals surface area (Å²) in [6.45, 7) is 12.0. The van der Waals surface area contributed by atoms with Crippen molar-refractivity contribution >= 4 is 147 Å². The molecule has 42 heteroatoms. The number of amides is 12. The average Bonchev–Trinajstić information content (AvgIpc) is 0.848. The molecule has 12 amide bonds. The van der Waals surface area contributed by atoms with Gasteiger partial charge in [-0.1, -0.05) is 0 Å². The molecular weight excluding hydrogens is 1640 g/mol. The number of ketones is 8. The van der Waals surface area contributed by atoms with Gasteiger partial charge in [0, 0.05) is 124 Å². The van der Waals surface area contributed by atoms with Crippen LogP contribution in [-0.2, 0) is 144 Å². The zero-order valence-electron chi connectivity index (χ0n) is 75.2. The highest BCUT2D eigenvalue weighted by molar-refractivity contribution is 5.97. The Bertz CT molecular complexity index is 3570. The number of hydrogen-bond acceptors (Lipinski definition) is 30. The molecule has 0 unspecified atom stereocenters. The van der Waals surface area contributed by atoms with E-state index in [-0.39, 0.29) is 77.0 Å². The van der Waals surface area contributed by atoms with E-state index in [9.17, 15) is 120 Å². The Morgan fingerprint density at radius 1 is 0.216 bits per heavy atom. The van der Waals surface area contributed by atoms with Gasteiger partial charge in [0.2, 0.25) is 70.9 Å². The van der Waals surface area contributed by atoms with Crippen LogP contribution in [0.2, 0.25) is 0 Å². The highest BCUT2D eigenvalue weighted by atomic mass is 16.6. The van der Waals surface area contributed by atoms with Gasteiger partial charge in [-0.05, 0) is 114 Å². The van der Waals surface area contributed by atoms with Crippen LogP contribution in [0.15, 0.2) is 0 Å². The molecule has 0 heterocycles. The van der Waals surface area contributed by atoms with Gasteiger partial charge in [-0.2, -0.15) is 0 Å². The zero-order chi connectivity index (χ0) is 95.6. The molecule has 0 fully saturated rings. The quantitative estimate of drug-likeness (QED) is 0.0283. The van der Waals surface area contributed by atoms with E-state index in [2.05, 4.69) is 47.3 Å². The van der Waals surface area contributed by atoms with E-state index >= 15 is 0 Å². The molecule has 702 valence electrons. The summed E-state index contributed by atoms with van der Waals surface area (Å²) < 4.78 is 25.3. The van der Waals surface area contributed by atoms with Crippen molar-refractivity contribution in [3.63, 3.8) is 0 Å². The normalized spacial score (nSPS) is 11.3. The topological polar surface area (TPSA) is 582 Å². The molecule has 0 aliphatic heterocycles. The summed E-state index contributed by atoms with van der Waals surface area (Å²) in [6, 6.07) is 0. The number of esters is 5. The third-order valence-electron chi connectivity index (χ3n) is 17.6. The van der Waals surface area contributed by atoms with Gasteiger partial charge in [0.05, 0.1) is 111 Å². The largest absolute Gasteiger partial charge is 0.468 e. The van der Waals surface area contributed by atoms with Crippen LogP contribution in [0.1, 0.15) is 237 Å². The predicted molar refractivity (Wildman–Crippen MR) is 442 cm³/mol. The predicted octanol–water partition coefficient (Wildman–Crippen LogP) is -0.439. The lowest BCUT2D eigenvalue weighted by atomic mass is 9.70. The summed E-state index contributed by atoms with van der Waals surface area (Å²) in [5.41, 5.74) is -4.55. The van der Waals surface area contributed by atoms with Crippen molar-refractivity contribution in [1.82, 2.24) is 62.1 Å². The van der Waals surface area contributed by atoms with Gasteiger partial charge in [-0.25, -0.2) is 0 Å². The third kappa shape index (κ3) is 60.5. The molecule has 0 aromatic rings. The molecule has 0 atom stereocenters. The zero-order valence-corrected chi connectivity index (χ0v) is 75.2. The Kier molecular flexibility index (Phi) is 52.3. The van der Waals surface area contributed by atoms with Gasteiger partial charge < -0.3 is 85.8 Å². The molecular formula is C83H130N12O30. The Morgan fingerprint density at radius 3 is 0.616 bits per heavy atom. The SMILES string of the molecule is COC(=O)CN(CC(=O)CCC(=O)NCC(=O)CCC(CCC(=O)CNC(=O)CCC(=O)CN(C)C(=O)CNC(=O)CCC(=O)OC(C)(C)C)(CCC(=O)CNC(=O)CCC(=O)CN(C)C(=O)CNC(=O)CCC(=O)OC(C)(C)C)CCC(=O)CNC(=O)CCC(=O)CN(C)C(=O)CNC(=O)CCC(=O)OC(C)(C)C)C(=O)CNC(=O)CCC(=O)OC(C)(C)C. The van der Waals surface area contributed by atoms with Crippen LogP contribution < -0.4 is 42.5 Å². The molecule has 0 aromatic heterocycles. The van der Waals surface area contributed by atoms with Crippen LogP contribution in [0, 0.1) is 5.41 Å². The number of carbonyl (C=O) groups is 25. The van der Waals surface area contributed by atoms with Gasteiger partial charge in [0.25, 0.3) is 0 Å². The Balaban J connectivity index is 6.83. The second-order valence-corrected chi connectivity index (χ2v) is 33.9. The van der Waals surface area contributed by atoms with Crippen LogP contribution in [0.5, 0.6) is 0 Å². The van der Waals surface area contributed by atoms with Crippen LogP contribution in [0.4, 0.5) is 0 Å². The molecule has 0 aliphatic carbocycles. The molecule has 0 rings (SSSR count). The number of rotatable bonds is 62. The summed E-state index contributed by atoms with van der Waals surface area (Å²) in [5, 5.41) is 19.0. The highest BCUT2D eigenvalue weighted by Crippen LogP contribution is 2.40. The van der Waals surface area contributed by atoms with E-state index in [1.165, 1.54) is 21.1 Å². The molecule has 0 aromatic carbocycles. The van der Waals surface area contributed by atoms with Gasteiger partial charge in [0.1, 0.15) is 28.9 Å². The fraction of sp³-hybridized carbons (Fsp3) is 0.699. The van der Waals surface area contributed by atoms with Crippen molar-refractivity contribution in [2.45, 2.75) is 260 Å². The van der Waals surface area contributed by atoms with Crippen molar-refractivity contribution < 1.29 is 144 Å². The first-order valence-corrected chi connectivity index (χ1v) is 41.1. The van der Waals surface area contributed by atoms with Crippen LogP contribution >= 0.6 is 0 Å². The maximum atomic E-state index is 13.9. The molecule has 0 bridgehead atoms. The van der Waals surface area contributed by atoms with Crippen LogP contribution in [-0.4, -0.2) is 302 Å². The Morgan fingerprint density at radius 2 is 0.408 bits per heavy atom. The van der Waals surface area contributed by atoms with Gasteiger partial charge in [-0.15, -0.1) is 0 Å². The van der Waals surface area contributed by atoms with E-state index in [1.54, 1.807) is 83.1 Å². The minimum absolute atomic E-state index is 0.221. The highest BCUT2D eigenvalue weighted by Gasteiger charge is 2.34. The number of carbonyl (C=O) groups excluding carboxylic acids is 25. The van der Waals surface area contributed by atoms with Crippen molar-refractivity contribution in [2.75, 3.05) is 113 Å². The maximum Gasteiger partial charge on any atom is 0.325 e. The van der Waals surface area contributed by atoms with Gasteiger partial charge in [-0.3, -0.25) is 120 Å². The number of likely N-dealkylation sites (N-methyl/N-ethyl adjacent to an activating group) is 3. The second kappa shape index (κ2) is 57.7. The third-order valence-corrected chi connectivity index (χ3v) is 17.6. The van der Waals surface area contributed by atoms with E-state index in [0.717, 1.165) is 26.7 Å². The Hall–Kier alpha value is -11.6. The lowest BCUT2D eigenvalue weighted by molar-refractivity contribution is -0.156. The molecule has 0 radical (unpaired) electrons. The smallest absolute Gasteiger partial charge is 0.325 e. The average molecular weight is 1780 g/mol. The molecule has 0 saturated carbocycles. The summed E-state index contributed by atoms with van der Waals surface area (Å²) in [6.07, 6.45) is -8.49. The number of Topliss-reactive ketones (excluding diaryl/α,β-unsaturated/α-hetero) is 8. The molecule has 0 spiro atoms. The molecule has 8 N–H and O–H groups in total. The van der Waals surface area contributed by atoms with Crippen LogP contribution in [0.25, 0.3) is 0 Å². The van der Waals surface area contributed by atoms with E-state index < -0.39 is 337 Å². The first-order valence-electron chi connectivity index (χ1n) is 41.1. The lowest BCUT2D eigenvalue weighted by Gasteiger charge is -2.34. The molecule has 125 heavy (non-hydrogen) atoms. The molecule has 0 saturated heterocycles. The Labute approximate surface area is 728 Å². The summed E-state index contributed by atoms with van der Waals surface area (Å²) in [5.74, 6) is -17.3. The minimum Gasteiger partial charge on any atom is -0.468 e. The number of nitrogens with zero attached hydrogens (tertiary/aromatic N) is 4. The summed E-state index contributed by atoms with van der Waals surface area (Å²) in [7, 11) is 4.85. The number of methoxy groups -OCH3 is 1. The maximum absolute atomic E-state index is 13.9. The monoisotopic (exact) mass is 1770 g/mol. The fourth-order valence-corrected chi connectivity index (χ4v) is 10.9. The molecule has 42 nitrogen and oxygen atoms in total. The molecule has 0 aliphatic rings.